The van der Waals surface area contributed by atoms with Crippen LogP contribution in [0.2, 0.25) is 0 Å². The molecule has 0 radical (unpaired) electrons. The zero-order valence-corrected chi connectivity index (χ0v) is 14.9. The van der Waals surface area contributed by atoms with E-state index >= 15 is 0 Å². The minimum absolute atomic E-state index is 0.258. The van der Waals surface area contributed by atoms with Crippen molar-refractivity contribution in [2.75, 3.05) is 0 Å². The molecule has 0 spiro atoms. The fourth-order valence-corrected chi connectivity index (χ4v) is 3.76. The number of fused-ring (bicyclic) bond motifs is 1. The minimum Gasteiger partial charge on any atom is -0.368 e. The standard InChI is InChI=1S/C16H14BrN3O2S/c1-8-3-4-12(17)10(5-8)11-6-23-15-13(11)16(22)20(7-19-15)9(2)14(18)21/h3-7,9H,1-2H3,(H2,18,21). The normalized spacial score (nSPS) is 12.5. The molecule has 0 bridgehead atoms. The van der Waals surface area contributed by atoms with E-state index in [1.54, 1.807) is 6.92 Å². The number of carbonyl (C=O) groups excluding carboxylic acids is 1. The molecule has 0 saturated heterocycles. The third-order valence-electron chi connectivity index (χ3n) is 3.76. The Morgan fingerprint density at radius 1 is 1.39 bits per heavy atom. The van der Waals surface area contributed by atoms with E-state index in [-0.39, 0.29) is 5.56 Å². The van der Waals surface area contributed by atoms with E-state index in [9.17, 15) is 9.59 Å². The predicted octanol–water partition coefficient (Wildman–Crippen LogP) is 3.24. The molecule has 3 rings (SSSR count). The summed E-state index contributed by atoms with van der Waals surface area (Å²) in [6, 6.07) is 5.22. The van der Waals surface area contributed by atoms with Crippen molar-refractivity contribution in [3.8, 4) is 11.1 Å². The highest BCUT2D eigenvalue weighted by Gasteiger charge is 2.19. The Morgan fingerprint density at radius 2 is 2.13 bits per heavy atom. The lowest BCUT2D eigenvalue weighted by Gasteiger charge is -2.11. The zero-order valence-electron chi connectivity index (χ0n) is 12.5. The van der Waals surface area contributed by atoms with Crippen LogP contribution >= 0.6 is 27.3 Å². The van der Waals surface area contributed by atoms with Crippen LogP contribution in [0.5, 0.6) is 0 Å². The van der Waals surface area contributed by atoms with Gasteiger partial charge in [0.25, 0.3) is 5.56 Å². The first-order valence-corrected chi connectivity index (χ1v) is 8.61. The van der Waals surface area contributed by atoms with Gasteiger partial charge in [0.15, 0.2) is 0 Å². The zero-order chi connectivity index (χ0) is 16.7. The van der Waals surface area contributed by atoms with Crippen molar-refractivity contribution in [2.24, 2.45) is 5.73 Å². The van der Waals surface area contributed by atoms with Crippen LogP contribution in [0.25, 0.3) is 21.3 Å². The van der Waals surface area contributed by atoms with Gasteiger partial charge in [0.2, 0.25) is 5.91 Å². The second-order valence-electron chi connectivity index (χ2n) is 5.35. The lowest BCUT2D eigenvalue weighted by Crippen LogP contribution is -2.32. The molecule has 0 aliphatic rings. The summed E-state index contributed by atoms with van der Waals surface area (Å²) in [5, 5.41) is 2.43. The van der Waals surface area contributed by atoms with E-state index in [4.69, 9.17) is 5.73 Å². The molecule has 2 aromatic heterocycles. The minimum atomic E-state index is -0.742. The number of benzene rings is 1. The third kappa shape index (κ3) is 2.70. The number of nitrogens with two attached hydrogens (primary N) is 1. The van der Waals surface area contributed by atoms with Gasteiger partial charge in [-0.15, -0.1) is 11.3 Å². The number of hydrogen-bond acceptors (Lipinski definition) is 4. The molecule has 2 N–H and O–H groups in total. The molecule has 3 aromatic rings. The molecule has 7 heteroatoms. The maximum Gasteiger partial charge on any atom is 0.263 e. The molecule has 0 aliphatic carbocycles. The molecule has 0 fully saturated rings. The van der Waals surface area contributed by atoms with Crippen molar-refractivity contribution in [2.45, 2.75) is 19.9 Å². The van der Waals surface area contributed by atoms with Crippen molar-refractivity contribution in [1.82, 2.24) is 9.55 Å². The number of thiophene rings is 1. The fourth-order valence-electron chi connectivity index (χ4n) is 2.40. The lowest BCUT2D eigenvalue weighted by atomic mass is 10.0. The first-order valence-electron chi connectivity index (χ1n) is 6.94. The SMILES string of the molecule is Cc1ccc(Br)c(-c2csc3ncn(C(C)C(N)=O)c(=O)c23)c1. The number of hydrogen-bond donors (Lipinski definition) is 1. The number of primary amides is 1. The smallest absolute Gasteiger partial charge is 0.263 e. The molecule has 1 amide bonds. The van der Waals surface area contributed by atoms with Crippen LogP contribution in [0.4, 0.5) is 0 Å². The molecule has 23 heavy (non-hydrogen) atoms. The van der Waals surface area contributed by atoms with Crippen LogP contribution in [0.1, 0.15) is 18.5 Å². The van der Waals surface area contributed by atoms with Crippen molar-refractivity contribution < 1.29 is 4.79 Å². The number of halogens is 1. The van der Waals surface area contributed by atoms with Gasteiger partial charge in [-0.3, -0.25) is 14.2 Å². The molecule has 5 nitrogen and oxygen atoms in total. The maximum absolute atomic E-state index is 12.8. The van der Waals surface area contributed by atoms with Gasteiger partial charge in [0, 0.05) is 15.4 Å². The van der Waals surface area contributed by atoms with Crippen LogP contribution in [0.15, 0.2) is 39.2 Å². The Bertz CT molecular complexity index is 977. The monoisotopic (exact) mass is 391 g/mol. The molecular weight excluding hydrogens is 378 g/mol. The summed E-state index contributed by atoms with van der Waals surface area (Å²) in [6.07, 6.45) is 1.38. The van der Waals surface area contributed by atoms with Crippen molar-refractivity contribution in [3.63, 3.8) is 0 Å². The van der Waals surface area contributed by atoms with E-state index in [0.29, 0.717) is 10.2 Å². The van der Waals surface area contributed by atoms with Gasteiger partial charge >= 0.3 is 0 Å². The van der Waals surface area contributed by atoms with Crippen LogP contribution in [0, 0.1) is 6.92 Å². The van der Waals surface area contributed by atoms with Gasteiger partial charge in [-0.2, -0.15) is 0 Å². The fraction of sp³-hybridized carbons (Fsp3) is 0.188. The Labute approximate surface area is 144 Å². The molecule has 2 heterocycles. The van der Waals surface area contributed by atoms with Crippen molar-refractivity contribution in [3.05, 3.63) is 50.3 Å². The highest BCUT2D eigenvalue weighted by molar-refractivity contribution is 9.10. The highest BCUT2D eigenvalue weighted by Crippen LogP contribution is 2.35. The highest BCUT2D eigenvalue weighted by atomic mass is 79.9. The number of carbonyl (C=O) groups is 1. The molecule has 0 saturated carbocycles. The summed E-state index contributed by atoms with van der Waals surface area (Å²) in [5.74, 6) is -0.568. The van der Waals surface area contributed by atoms with Gasteiger partial charge < -0.3 is 5.73 Å². The number of aryl methyl sites for hydroxylation is 1. The summed E-state index contributed by atoms with van der Waals surface area (Å²) < 4.78 is 2.19. The quantitative estimate of drug-likeness (QED) is 0.743. The largest absolute Gasteiger partial charge is 0.368 e. The molecule has 1 atom stereocenters. The second-order valence-corrected chi connectivity index (χ2v) is 7.06. The summed E-state index contributed by atoms with van der Waals surface area (Å²) in [6.45, 7) is 3.59. The van der Waals surface area contributed by atoms with E-state index in [1.165, 1.54) is 22.2 Å². The maximum atomic E-state index is 12.8. The first kappa shape index (κ1) is 15.9. The first-order chi connectivity index (χ1) is 10.9. The lowest BCUT2D eigenvalue weighted by molar-refractivity contribution is -0.120. The number of nitrogens with zero attached hydrogens (tertiary/aromatic N) is 2. The molecule has 1 aromatic carbocycles. The van der Waals surface area contributed by atoms with Crippen molar-refractivity contribution >= 4 is 43.4 Å². The molecule has 118 valence electrons. The van der Waals surface area contributed by atoms with Gasteiger partial charge in [-0.05, 0) is 25.5 Å². The Balaban J connectivity index is 2.32. The molecule has 1 unspecified atom stereocenters. The van der Waals surface area contributed by atoms with Crippen molar-refractivity contribution in [1.29, 1.82) is 0 Å². The van der Waals surface area contributed by atoms with E-state index < -0.39 is 11.9 Å². The summed E-state index contributed by atoms with van der Waals surface area (Å²) >= 11 is 4.94. The van der Waals surface area contributed by atoms with E-state index in [0.717, 1.165) is 21.2 Å². The number of rotatable bonds is 3. The second kappa shape index (κ2) is 5.90. The van der Waals surface area contributed by atoms with Gasteiger partial charge in [-0.1, -0.05) is 33.6 Å². The van der Waals surface area contributed by atoms with Gasteiger partial charge in [0.05, 0.1) is 11.7 Å². The molecule has 0 aliphatic heterocycles. The summed E-state index contributed by atoms with van der Waals surface area (Å²) in [4.78, 5) is 29.2. The average Bonchev–Trinajstić information content (AvgIpc) is 2.94. The Morgan fingerprint density at radius 3 is 2.83 bits per heavy atom. The van der Waals surface area contributed by atoms with Crippen LogP contribution in [-0.4, -0.2) is 15.5 Å². The summed E-state index contributed by atoms with van der Waals surface area (Å²) in [7, 11) is 0. The van der Waals surface area contributed by atoms with Gasteiger partial charge in [-0.25, -0.2) is 4.98 Å². The number of aromatic nitrogens is 2. The van der Waals surface area contributed by atoms with Gasteiger partial charge in [0.1, 0.15) is 10.9 Å². The molecular formula is C16H14BrN3O2S. The third-order valence-corrected chi connectivity index (χ3v) is 5.34. The Hall–Kier alpha value is -1.99. The number of amides is 1. The van der Waals surface area contributed by atoms with E-state index in [2.05, 4.69) is 20.9 Å². The van der Waals surface area contributed by atoms with Crippen LogP contribution in [0.3, 0.4) is 0 Å². The Kier molecular flexibility index (Phi) is 4.08. The van der Waals surface area contributed by atoms with Crippen LogP contribution in [-0.2, 0) is 4.79 Å². The topological polar surface area (TPSA) is 78.0 Å². The predicted molar refractivity (Wildman–Crippen MR) is 95.7 cm³/mol. The van der Waals surface area contributed by atoms with E-state index in [1.807, 2.05) is 30.5 Å². The van der Waals surface area contributed by atoms with Crippen LogP contribution < -0.4 is 11.3 Å². The average molecular weight is 392 g/mol. The summed E-state index contributed by atoms with van der Waals surface area (Å²) in [5.41, 5.74) is 7.89.